The molecule has 21 heavy (non-hydrogen) atoms. The zero-order valence-electron chi connectivity index (χ0n) is 12.9. The fourth-order valence-corrected chi connectivity index (χ4v) is 3.08. The zero-order chi connectivity index (χ0) is 14.8. The molecule has 4 atom stereocenters. The Morgan fingerprint density at radius 1 is 1.29 bits per heavy atom. The molecular weight excluding hydrogens is 258 g/mol. The van der Waals surface area contributed by atoms with E-state index in [1.165, 1.54) is 12.0 Å². The Kier molecular flexibility index (Phi) is 4.11. The first-order valence-electron chi connectivity index (χ1n) is 8.03. The molecule has 0 bridgehead atoms. The summed E-state index contributed by atoms with van der Waals surface area (Å²) in [5.74, 6) is 1.26. The van der Waals surface area contributed by atoms with Gasteiger partial charge in [-0.25, -0.2) is 0 Å². The summed E-state index contributed by atoms with van der Waals surface area (Å²) < 4.78 is 2.06. The number of rotatable bonds is 6. The summed E-state index contributed by atoms with van der Waals surface area (Å²) >= 11 is 0. The van der Waals surface area contributed by atoms with Crippen LogP contribution in [0.5, 0.6) is 0 Å². The van der Waals surface area contributed by atoms with Crippen molar-refractivity contribution in [2.24, 2.45) is 11.7 Å². The second kappa shape index (κ2) is 6.02. The monoisotopic (exact) mass is 283 g/mol. The summed E-state index contributed by atoms with van der Waals surface area (Å²) in [6, 6.07) is 13.5. The Morgan fingerprint density at radius 2 is 2.05 bits per heavy atom. The van der Waals surface area contributed by atoms with Crippen LogP contribution in [-0.2, 0) is 6.42 Å². The van der Waals surface area contributed by atoms with Crippen LogP contribution < -0.4 is 5.73 Å². The highest BCUT2D eigenvalue weighted by Crippen LogP contribution is 2.49. The van der Waals surface area contributed by atoms with E-state index in [1.54, 1.807) is 0 Å². The Morgan fingerprint density at radius 3 is 2.76 bits per heavy atom. The van der Waals surface area contributed by atoms with Gasteiger partial charge in [-0.05, 0) is 43.2 Å². The van der Waals surface area contributed by atoms with Crippen molar-refractivity contribution in [2.75, 3.05) is 0 Å². The topological polar surface area (TPSA) is 43.8 Å². The Balaban J connectivity index is 1.58. The van der Waals surface area contributed by atoms with E-state index in [9.17, 15) is 0 Å². The molecule has 3 heteroatoms. The van der Waals surface area contributed by atoms with Gasteiger partial charge >= 0.3 is 0 Å². The number of hydrogen-bond acceptors (Lipinski definition) is 2. The summed E-state index contributed by atoms with van der Waals surface area (Å²) in [7, 11) is 0. The van der Waals surface area contributed by atoms with Gasteiger partial charge < -0.3 is 5.73 Å². The molecule has 3 nitrogen and oxygen atoms in total. The van der Waals surface area contributed by atoms with Gasteiger partial charge in [0.05, 0.1) is 5.69 Å². The minimum absolute atomic E-state index is 0.218. The van der Waals surface area contributed by atoms with E-state index < -0.39 is 0 Å². The van der Waals surface area contributed by atoms with Crippen LogP contribution in [0.3, 0.4) is 0 Å². The Hall–Kier alpha value is -1.61. The molecule has 2 aromatic rings. The summed E-state index contributed by atoms with van der Waals surface area (Å²) in [6.45, 7) is 4.38. The number of benzene rings is 1. The second-order valence-corrected chi connectivity index (χ2v) is 6.33. The van der Waals surface area contributed by atoms with Gasteiger partial charge in [-0.1, -0.05) is 37.3 Å². The first-order valence-corrected chi connectivity index (χ1v) is 8.03. The van der Waals surface area contributed by atoms with Crippen molar-refractivity contribution < 1.29 is 0 Å². The normalized spacial score (nSPS) is 23.8. The third-order valence-corrected chi connectivity index (χ3v) is 4.77. The maximum atomic E-state index is 6.41. The fraction of sp³-hybridized carbons (Fsp3) is 0.500. The molecule has 2 N–H and O–H groups in total. The lowest BCUT2D eigenvalue weighted by atomic mass is 10.0. The van der Waals surface area contributed by atoms with Crippen molar-refractivity contribution in [1.82, 2.24) is 9.78 Å². The maximum absolute atomic E-state index is 6.41. The number of nitrogens with two attached hydrogens (primary N) is 1. The number of hydrogen-bond donors (Lipinski definition) is 1. The average molecular weight is 283 g/mol. The average Bonchev–Trinajstić information content (AvgIpc) is 3.20. The van der Waals surface area contributed by atoms with Gasteiger partial charge in [0, 0.05) is 24.7 Å². The van der Waals surface area contributed by atoms with Gasteiger partial charge in [-0.2, -0.15) is 5.10 Å². The van der Waals surface area contributed by atoms with Crippen molar-refractivity contribution in [2.45, 2.75) is 51.1 Å². The second-order valence-electron chi connectivity index (χ2n) is 6.33. The lowest BCUT2D eigenvalue weighted by Crippen LogP contribution is -2.26. The molecule has 1 aromatic carbocycles. The molecule has 0 aliphatic heterocycles. The quantitative estimate of drug-likeness (QED) is 0.881. The van der Waals surface area contributed by atoms with Crippen molar-refractivity contribution >= 4 is 0 Å². The van der Waals surface area contributed by atoms with Crippen LogP contribution in [0.2, 0.25) is 0 Å². The molecule has 1 aliphatic rings. The van der Waals surface area contributed by atoms with Crippen LogP contribution in [0.15, 0.2) is 42.6 Å². The highest BCUT2D eigenvalue weighted by Gasteiger charge is 2.42. The SMILES string of the molecule is CCC(C)n1ccc(CC(N)C2CC2c2ccccc2)n1. The molecule has 3 rings (SSSR count). The summed E-state index contributed by atoms with van der Waals surface area (Å²) in [4.78, 5) is 0. The fourth-order valence-electron chi connectivity index (χ4n) is 3.08. The molecule has 1 heterocycles. The van der Waals surface area contributed by atoms with Crippen molar-refractivity contribution in [3.63, 3.8) is 0 Å². The summed E-state index contributed by atoms with van der Waals surface area (Å²) in [5, 5.41) is 4.67. The smallest absolute Gasteiger partial charge is 0.0640 e. The van der Waals surface area contributed by atoms with E-state index in [0.29, 0.717) is 17.9 Å². The molecule has 1 fully saturated rings. The minimum Gasteiger partial charge on any atom is -0.327 e. The van der Waals surface area contributed by atoms with Crippen LogP contribution in [0.1, 0.15) is 49.9 Å². The molecule has 112 valence electrons. The third kappa shape index (κ3) is 3.18. The van der Waals surface area contributed by atoms with Crippen LogP contribution in [0, 0.1) is 5.92 Å². The van der Waals surface area contributed by atoms with E-state index in [-0.39, 0.29) is 6.04 Å². The lowest BCUT2D eigenvalue weighted by molar-refractivity contribution is 0.469. The van der Waals surface area contributed by atoms with E-state index in [4.69, 9.17) is 5.73 Å². The molecular formula is C18H25N3. The van der Waals surface area contributed by atoms with Crippen molar-refractivity contribution in [3.05, 3.63) is 53.9 Å². The molecule has 0 spiro atoms. The van der Waals surface area contributed by atoms with Crippen LogP contribution in [0.25, 0.3) is 0 Å². The lowest BCUT2D eigenvalue weighted by Gasteiger charge is -2.11. The maximum Gasteiger partial charge on any atom is 0.0640 e. The first kappa shape index (κ1) is 14.3. The van der Waals surface area contributed by atoms with Gasteiger partial charge in [-0.15, -0.1) is 0 Å². The van der Waals surface area contributed by atoms with E-state index in [0.717, 1.165) is 18.5 Å². The van der Waals surface area contributed by atoms with Crippen LogP contribution in [-0.4, -0.2) is 15.8 Å². The molecule has 1 aromatic heterocycles. The summed E-state index contributed by atoms with van der Waals surface area (Å²) in [5.41, 5.74) is 8.97. The predicted octanol–water partition coefficient (Wildman–Crippen LogP) is 3.53. The van der Waals surface area contributed by atoms with E-state index in [2.05, 4.69) is 66.2 Å². The standard InChI is InChI=1S/C18H25N3/c1-3-13(2)21-10-9-15(20-21)11-18(19)17-12-16(17)14-7-5-4-6-8-14/h4-10,13,16-18H,3,11-12,19H2,1-2H3. The van der Waals surface area contributed by atoms with E-state index >= 15 is 0 Å². The van der Waals surface area contributed by atoms with E-state index in [1.807, 2.05) is 0 Å². The summed E-state index contributed by atoms with van der Waals surface area (Å²) in [6.07, 6.45) is 5.29. The van der Waals surface area contributed by atoms with Gasteiger partial charge in [0.2, 0.25) is 0 Å². The molecule has 4 unspecified atom stereocenters. The van der Waals surface area contributed by atoms with Gasteiger partial charge in [0.15, 0.2) is 0 Å². The van der Waals surface area contributed by atoms with Crippen LogP contribution >= 0.6 is 0 Å². The van der Waals surface area contributed by atoms with Gasteiger partial charge in [0.25, 0.3) is 0 Å². The molecule has 0 amide bonds. The minimum atomic E-state index is 0.218. The Bertz CT molecular complexity index is 575. The largest absolute Gasteiger partial charge is 0.327 e. The first-order chi connectivity index (χ1) is 10.2. The van der Waals surface area contributed by atoms with Crippen molar-refractivity contribution in [1.29, 1.82) is 0 Å². The van der Waals surface area contributed by atoms with Gasteiger partial charge in [0.1, 0.15) is 0 Å². The third-order valence-electron chi connectivity index (χ3n) is 4.77. The molecule has 1 aliphatic carbocycles. The number of nitrogens with zero attached hydrogens (tertiary/aromatic N) is 2. The molecule has 1 saturated carbocycles. The van der Waals surface area contributed by atoms with Crippen LogP contribution in [0.4, 0.5) is 0 Å². The predicted molar refractivity (Wildman–Crippen MR) is 86.2 cm³/mol. The highest BCUT2D eigenvalue weighted by atomic mass is 15.3. The molecule has 0 radical (unpaired) electrons. The van der Waals surface area contributed by atoms with Gasteiger partial charge in [-0.3, -0.25) is 4.68 Å². The number of aromatic nitrogens is 2. The highest BCUT2D eigenvalue weighted by molar-refractivity contribution is 5.27. The zero-order valence-corrected chi connectivity index (χ0v) is 12.9. The van der Waals surface area contributed by atoms with Crippen molar-refractivity contribution in [3.8, 4) is 0 Å². The Labute approximate surface area is 127 Å². The molecule has 0 saturated heterocycles.